The number of ether oxygens (including phenoxy) is 1. The lowest BCUT2D eigenvalue weighted by molar-refractivity contribution is -0.139. The standard InChI is InChI=1S/C24H28N4O4/c1-25-21(29)14-27-8-10-28(11-9-27)24(31)20-12-15-4-2-6-17(22(15)32-20)16-5-3-7-18-19(16)13-26-23(18)30/h2-7,20-21,25,29H,8-14H2,1H3,(H,26,30). The Balaban J connectivity index is 1.31. The normalized spacial score (nSPS) is 21.0. The summed E-state index contributed by atoms with van der Waals surface area (Å²) in [5, 5.41) is 15.5. The fourth-order valence-electron chi connectivity index (χ4n) is 4.81. The Morgan fingerprint density at radius 2 is 1.88 bits per heavy atom. The van der Waals surface area contributed by atoms with Crippen LogP contribution in [0.3, 0.4) is 0 Å². The van der Waals surface area contributed by atoms with Crippen molar-refractivity contribution in [2.45, 2.75) is 25.3 Å². The molecule has 0 radical (unpaired) electrons. The van der Waals surface area contributed by atoms with Crippen molar-refractivity contribution in [2.24, 2.45) is 0 Å². The average Bonchev–Trinajstić information content (AvgIpc) is 3.43. The molecule has 0 aromatic heterocycles. The largest absolute Gasteiger partial charge is 0.479 e. The van der Waals surface area contributed by atoms with E-state index in [1.807, 2.05) is 41.3 Å². The number of aliphatic hydroxyl groups is 1. The maximum Gasteiger partial charge on any atom is 0.264 e. The molecule has 3 heterocycles. The molecule has 2 unspecified atom stereocenters. The van der Waals surface area contributed by atoms with Gasteiger partial charge in [-0.3, -0.25) is 19.8 Å². The van der Waals surface area contributed by atoms with E-state index >= 15 is 0 Å². The number of hydrogen-bond acceptors (Lipinski definition) is 6. The fourth-order valence-corrected chi connectivity index (χ4v) is 4.81. The van der Waals surface area contributed by atoms with Crippen LogP contribution < -0.4 is 15.4 Å². The van der Waals surface area contributed by atoms with Gasteiger partial charge in [-0.15, -0.1) is 0 Å². The van der Waals surface area contributed by atoms with E-state index in [1.165, 1.54) is 0 Å². The number of nitrogens with zero attached hydrogens (tertiary/aromatic N) is 2. The minimum Gasteiger partial charge on any atom is -0.479 e. The van der Waals surface area contributed by atoms with E-state index in [-0.39, 0.29) is 11.8 Å². The van der Waals surface area contributed by atoms with Gasteiger partial charge in [-0.1, -0.05) is 30.3 Å². The second-order valence-electron chi connectivity index (χ2n) is 8.55. The summed E-state index contributed by atoms with van der Waals surface area (Å²) in [5.74, 6) is 0.704. The number of piperazine rings is 1. The van der Waals surface area contributed by atoms with Crippen LogP contribution in [0.15, 0.2) is 36.4 Å². The SMILES string of the molecule is CNC(O)CN1CCN(C(=O)C2Cc3cccc(-c4cccc5c4CNC5=O)c3O2)CC1. The topological polar surface area (TPSA) is 94.1 Å². The zero-order chi connectivity index (χ0) is 22.2. The third kappa shape index (κ3) is 3.74. The molecule has 3 aliphatic rings. The minimum atomic E-state index is -0.562. The quantitative estimate of drug-likeness (QED) is 0.594. The summed E-state index contributed by atoms with van der Waals surface area (Å²) in [4.78, 5) is 29.3. The van der Waals surface area contributed by atoms with Crippen LogP contribution in [0.2, 0.25) is 0 Å². The molecule has 8 heteroatoms. The van der Waals surface area contributed by atoms with Crippen LogP contribution in [-0.4, -0.2) is 78.8 Å². The number of aliphatic hydroxyl groups excluding tert-OH is 1. The molecule has 5 rings (SSSR count). The molecule has 168 valence electrons. The van der Waals surface area contributed by atoms with Crippen LogP contribution in [0.1, 0.15) is 21.5 Å². The van der Waals surface area contributed by atoms with E-state index in [9.17, 15) is 14.7 Å². The van der Waals surface area contributed by atoms with Crippen molar-refractivity contribution in [3.05, 3.63) is 53.1 Å². The summed E-state index contributed by atoms with van der Waals surface area (Å²) in [6.45, 7) is 3.75. The highest BCUT2D eigenvalue weighted by Gasteiger charge is 2.36. The number of nitrogens with one attached hydrogen (secondary N) is 2. The lowest BCUT2D eigenvalue weighted by atomic mass is 9.94. The second kappa shape index (κ2) is 8.54. The molecule has 2 aromatic rings. The van der Waals surface area contributed by atoms with Gasteiger partial charge in [0, 0.05) is 56.8 Å². The van der Waals surface area contributed by atoms with Gasteiger partial charge in [0.05, 0.1) is 0 Å². The van der Waals surface area contributed by atoms with Gasteiger partial charge in [-0.25, -0.2) is 0 Å². The first-order valence-corrected chi connectivity index (χ1v) is 11.1. The maximum atomic E-state index is 13.2. The Morgan fingerprint density at radius 3 is 2.66 bits per heavy atom. The third-order valence-electron chi connectivity index (χ3n) is 6.62. The molecule has 0 saturated carbocycles. The number of carbonyl (C=O) groups excluding carboxylic acids is 2. The second-order valence-corrected chi connectivity index (χ2v) is 8.55. The molecule has 2 aromatic carbocycles. The molecule has 0 aliphatic carbocycles. The predicted molar refractivity (Wildman–Crippen MR) is 119 cm³/mol. The first-order valence-electron chi connectivity index (χ1n) is 11.1. The van der Waals surface area contributed by atoms with E-state index in [0.717, 1.165) is 41.1 Å². The molecule has 32 heavy (non-hydrogen) atoms. The lowest BCUT2D eigenvalue weighted by Gasteiger charge is -2.36. The van der Waals surface area contributed by atoms with Crippen molar-refractivity contribution in [2.75, 3.05) is 39.8 Å². The highest BCUT2D eigenvalue weighted by Crippen LogP contribution is 2.41. The number of carbonyl (C=O) groups is 2. The Kier molecular flexibility index (Phi) is 5.58. The van der Waals surface area contributed by atoms with Crippen LogP contribution in [0, 0.1) is 0 Å². The molecule has 0 bridgehead atoms. The molecular weight excluding hydrogens is 408 g/mol. The number of likely N-dealkylation sites (N-methyl/N-ethyl adjacent to an activating group) is 1. The highest BCUT2D eigenvalue weighted by molar-refractivity contribution is 6.01. The summed E-state index contributed by atoms with van der Waals surface area (Å²) in [6, 6.07) is 11.7. The Morgan fingerprint density at radius 1 is 1.16 bits per heavy atom. The zero-order valence-corrected chi connectivity index (χ0v) is 18.1. The van der Waals surface area contributed by atoms with Gasteiger partial charge in [0.25, 0.3) is 11.8 Å². The van der Waals surface area contributed by atoms with Gasteiger partial charge in [-0.2, -0.15) is 0 Å². The van der Waals surface area contributed by atoms with Crippen molar-refractivity contribution in [3.63, 3.8) is 0 Å². The fraction of sp³-hybridized carbons (Fsp3) is 0.417. The number of rotatable bonds is 5. The summed E-state index contributed by atoms with van der Waals surface area (Å²) in [6.07, 6.45) is -0.544. The van der Waals surface area contributed by atoms with Gasteiger partial charge in [-0.05, 0) is 29.8 Å². The third-order valence-corrected chi connectivity index (χ3v) is 6.62. The Hall–Kier alpha value is -2.94. The van der Waals surface area contributed by atoms with Crippen molar-refractivity contribution < 1.29 is 19.4 Å². The summed E-state index contributed by atoms with van der Waals surface area (Å²) >= 11 is 0. The van der Waals surface area contributed by atoms with Gasteiger partial charge in [0.15, 0.2) is 6.10 Å². The van der Waals surface area contributed by atoms with Crippen molar-refractivity contribution >= 4 is 11.8 Å². The Labute approximate surface area is 187 Å². The highest BCUT2D eigenvalue weighted by atomic mass is 16.5. The number of amides is 2. The van der Waals surface area contributed by atoms with Crippen LogP contribution in [0.4, 0.5) is 0 Å². The number of fused-ring (bicyclic) bond motifs is 2. The van der Waals surface area contributed by atoms with Crippen LogP contribution in [-0.2, 0) is 17.8 Å². The van der Waals surface area contributed by atoms with E-state index in [2.05, 4.69) is 15.5 Å². The number of benzene rings is 2. The molecule has 0 spiro atoms. The first kappa shape index (κ1) is 20.9. The minimum absolute atomic E-state index is 0.0103. The molecule has 3 aliphatic heterocycles. The summed E-state index contributed by atoms with van der Waals surface area (Å²) in [7, 11) is 1.73. The maximum absolute atomic E-state index is 13.2. The summed E-state index contributed by atoms with van der Waals surface area (Å²) < 4.78 is 6.24. The zero-order valence-electron chi connectivity index (χ0n) is 18.1. The van der Waals surface area contributed by atoms with E-state index < -0.39 is 12.3 Å². The molecule has 2 amide bonds. The first-order chi connectivity index (χ1) is 15.5. The van der Waals surface area contributed by atoms with Gasteiger partial charge in [0.2, 0.25) is 0 Å². The van der Waals surface area contributed by atoms with Crippen LogP contribution in [0.25, 0.3) is 11.1 Å². The van der Waals surface area contributed by atoms with E-state index in [1.54, 1.807) is 7.05 Å². The molecule has 2 atom stereocenters. The number of hydrogen-bond donors (Lipinski definition) is 3. The molecule has 1 saturated heterocycles. The van der Waals surface area contributed by atoms with Crippen LogP contribution >= 0.6 is 0 Å². The van der Waals surface area contributed by atoms with Crippen molar-refractivity contribution in [3.8, 4) is 16.9 Å². The summed E-state index contributed by atoms with van der Waals surface area (Å²) in [5.41, 5.74) is 4.60. The van der Waals surface area contributed by atoms with E-state index in [0.29, 0.717) is 38.2 Å². The van der Waals surface area contributed by atoms with Gasteiger partial charge >= 0.3 is 0 Å². The predicted octanol–water partition coefficient (Wildman–Crippen LogP) is 0.583. The monoisotopic (exact) mass is 436 g/mol. The number of para-hydroxylation sites is 1. The molecule has 8 nitrogen and oxygen atoms in total. The molecular formula is C24H28N4O4. The van der Waals surface area contributed by atoms with E-state index in [4.69, 9.17) is 4.74 Å². The molecule has 3 N–H and O–H groups in total. The average molecular weight is 437 g/mol. The lowest BCUT2D eigenvalue weighted by Crippen LogP contribution is -2.54. The molecule has 1 fully saturated rings. The number of β-amino-alcohol motifs (C(OH)–C–C–N with tert-alkyl or cyclic N) is 1. The smallest absolute Gasteiger partial charge is 0.264 e. The van der Waals surface area contributed by atoms with Crippen molar-refractivity contribution in [1.82, 2.24) is 20.4 Å². The van der Waals surface area contributed by atoms with Crippen molar-refractivity contribution in [1.29, 1.82) is 0 Å². The van der Waals surface area contributed by atoms with Gasteiger partial charge < -0.3 is 20.1 Å². The Bertz CT molecular complexity index is 1050. The van der Waals surface area contributed by atoms with Crippen LogP contribution in [0.5, 0.6) is 5.75 Å². The van der Waals surface area contributed by atoms with Gasteiger partial charge in [0.1, 0.15) is 12.0 Å².